The van der Waals surface area contributed by atoms with E-state index in [4.69, 9.17) is 9.15 Å². The van der Waals surface area contributed by atoms with Gasteiger partial charge in [-0.25, -0.2) is 4.79 Å². The lowest BCUT2D eigenvalue weighted by molar-refractivity contribution is 0.231. The number of nitrogens with zero attached hydrogens (tertiary/aromatic N) is 3. The van der Waals surface area contributed by atoms with Crippen LogP contribution in [-0.4, -0.2) is 27.7 Å². The van der Waals surface area contributed by atoms with Crippen molar-refractivity contribution in [2.75, 3.05) is 7.11 Å². The first-order chi connectivity index (χ1) is 15.0. The third-order valence-electron chi connectivity index (χ3n) is 5.46. The monoisotopic (exact) mass is 421 g/mol. The second kappa shape index (κ2) is 8.67. The maximum absolute atomic E-state index is 12.8. The van der Waals surface area contributed by atoms with Crippen LogP contribution in [0.5, 0.6) is 5.75 Å². The Morgan fingerprint density at radius 3 is 2.84 bits per heavy atom. The van der Waals surface area contributed by atoms with Crippen LogP contribution in [0.25, 0.3) is 16.6 Å². The number of aryl methyl sites for hydroxylation is 1. The molecule has 162 valence electrons. The van der Waals surface area contributed by atoms with Crippen LogP contribution in [-0.2, 0) is 0 Å². The highest BCUT2D eigenvalue weighted by Gasteiger charge is 2.23. The van der Waals surface area contributed by atoms with Gasteiger partial charge in [0.1, 0.15) is 17.1 Å². The lowest BCUT2D eigenvalue weighted by atomic mass is 10.1. The average molecular weight is 422 g/mol. The number of fused-ring (bicyclic) bond motifs is 2. The number of carbonyl (C=O) groups is 1. The van der Waals surface area contributed by atoms with Gasteiger partial charge in [-0.1, -0.05) is 19.4 Å². The van der Waals surface area contributed by atoms with Crippen molar-refractivity contribution < 1.29 is 13.9 Å². The second-order valence-corrected chi connectivity index (χ2v) is 7.62. The zero-order valence-electron chi connectivity index (χ0n) is 18.2. The van der Waals surface area contributed by atoms with E-state index < -0.39 is 0 Å². The van der Waals surface area contributed by atoms with Crippen LogP contribution in [0.3, 0.4) is 0 Å². The van der Waals surface area contributed by atoms with Gasteiger partial charge in [0, 0.05) is 17.1 Å². The van der Waals surface area contributed by atoms with Gasteiger partial charge in [-0.15, -0.1) is 10.2 Å². The van der Waals surface area contributed by atoms with Crippen molar-refractivity contribution in [1.29, 1.82) is 0 Å². The summed E-state index contributed by atoms with van der Waals surface area (Å²) >= 11 is 0. The van der Waals surface area contributed by atoms with E-state index in [-0.39, 0.29) is 18.1 Å². The third kappa shape index (κ3) is 4.05. The smallest absolute Gasteiger partial charge is 0.315 e. The molecule has 0 radical (unpaired) electrons. The van der Waals surface area contributed by atoms with E-state index in [2.05, 4.69) is 27.8 Å². The van der Waals surface area contributed by atoms with E-state index in [9.17, 15) is 4.79 Å². The fraction of sp³-hybridized carbons (Fsp3) is 0.348. The summed E-state index contributed by atoms with van der Waals surface area (Å²) < 4.78 is 13.2. The number of ether oxygens (including phenoxy) is 1. The number of nitrogens with one attached hydrogen (secondary N) is 2. The van der Waals surface area contributed by atoms with Gasteiger partial charge in [-0.05, 0) is 50.6 Å². The van der Waals surface area contributed by atoms with Crippen molar-refractivity contribution in [2.45, 2.75) is 45.7 Å². The summed E-state index contributed by atoms with van der Waals surface area (Å²) in [5.41, 5.74) is 2.50. The molecule has 3 aromatic heterocycles. The number of hydrogen-bond donors (Lipinski definition) is 2. The first kappa shape index (κ1) is 20.7. The minimum atomic E-state index is -0.309. The van der Waals surface area contributed by atoms with E-state index in [1.807, 2.05) is 60.8 Å². The fourth-order valence-corrected chi connectivity index (χ4v) is 3.87. The first-order valence-electron chi connectivity index (χ1n) is 10.5. The number of carbonyl (C=O) groups excluding carboxylic acids is 1. The highest BCUT2D eigenvalue weighted by molar-refractivity contribution is 5.84. The summed E-state index contributed by atoms with van der Waals surface area (Å²) in [5.74, 6) is 2.20. The quantitative estimate of drug-likeness (QED) is 0.451. The summed E-state index contributed by atoms with van der Waals surface area (Å²) in [7, 11) is 1.64. The number of rotatable bonds is 7. The summed E-state index contributed by atoms with van der Waals surface area (Å²) in [4.78, 5) is 12.8. The molecule has 0 aliphatic rings. The van der Waals surface area contributed by atoms with Gasteiger partial charge < -0.3 is 19.8 Å². The average Bonchev–Trinajstić information content (AvgIpc) is 3.34. The van der Waals surface area contributed by atoms with Crippen LogP contribution in [0, 0.1) is 6.92 Å². The molecule has 8 heteroatoms. The fourth-order valence-electron chi connectivity index (χ4n) is 3.87. The van der Waals surface area contributed by atoms with Gasteiger partial charge in [0.2, 0.25) is 0 Å². The molecule has 0 aliphatic heterocycles. The van der Waals surface area contributed by atoms with Crippen molar-refractivity contribution in [1.82, 2.24) is 25.2 Å². The largest absolute Gasteiger partial charge is 0.497 e. The minimum absolute atomic E-state index is 0.254. The van der Waals surface area contributed by atoms with Crippen molar-refractivity contribution >= 4 is 22.6 Å². The highest BCUT2D eigenvalue weighted by atomic mass is 16.5. The number of benzene rings is 1. The lowest BCUT2D eigenvalue weighted by Gasteiger charge is -2.19. The van der Waals surface area contributed by atoms with Gasteiger partial charge in [0.25, 0.3) is 0 Å². The maximum atomic E-state index is 12.8. The number of pyridine rings is 1. The normalized spacial score (nSPS) is 13.3. The van der Waals surface area contributed by atoms with Gasteiger partial charge in [-0.2, -0.15) is 0 Å². The van der Waals surface area contributed by atoms with Gasteiger partial charge in [0.15, 0.2) is 11.5 Å². The maximum Gasteiger partial charge on any atom is 0.315 e. The molecule has 4 aromatic rings. The van der Waals surface area contributed by atoms with E-state index in [0.717, 1.165) is 46.5 Å². The molecule has 0 fully saturated rings. The topological polar surface area (TPSA) is 93.7 Å². The summed E-state index contributed by atoms with van der Waals surface area (Å²) in [6.45, 7) is 5.96. The molecule has 0 aliphatic carbocycles. The molecule has 31 heavy (non-hydrogen) atoms. The molecule has 0 saturated carbocycles. The molecule has 0 saturated heterocycles. The second-order valence-electron chi connectivity index (χ2n) is 7.62. The predicted octanol–water partition coefficient (Wildman–Crippen LogP) is 4.69. The Kier molecular flexibility index (Phi) is 5.79. The summed E-state index contributed by atoms with van der Waals surface area (Å²) in [6.07, 6.45) is 3.55. The molecule has 0 bridgehead atoms. The van der Waals surface area contributed by atoms with Gasteiger partial charge >= 0.3 is 6.03 Å². The van der Waals surface area contributed by atoms with Crippen molar-refractivity contribution in [3.05, 3.63) is 59.7 Å². The van der Waals surface area contributed by atoms with E-state index >= 15 is 0 Å². The van der Waals surface area contributed by atoms with Crippen LogP contribution in [0.4, 0.5) is 4.79 Å². The molecule has 3 heterocycles. The zero-order valence-corrected chi connectivity index (χ0v) is 18.2. The molecule has 2 N–H and O–H groups in total. The summed E-state index contributed by atoms with van der Waals surface area (Å²) in [5, 5.41) is 15.5. The van der Waals surface area contributed by atoms with Crippen LogP contribution >= 0.6 is 0 Å². The molecular formula is C23H27N5O3. The van der Waals surface area contributed by atoms with Crippen molar-refractivity contribution in [3.63, 3.8) is 0 Å². The van der Waals surface area contributed by atoms with E-state index in [0.29, 0.717) is 5.82 Å². The molecule has 0 spiro atoms. The van der Waals surface area contributed by atoms with Crippen LogP contribution in [0.1, 0.15) is 55.9 Å². The Balaban J connectivity index is 1.51. The number of amides is 2. The van der Waals surface area contributed by atoms with Crippen LogP contribution in [0.15, 0.2) is 47.0 Å². The number of aromatic nitrogens is 3. The van der Waals surface area contributed by atoms with Crippen LogP contribution < -0.4 is 15.4 Å². The molecule has 8 nitrogen and oxygen atoms in total. The molecule has 1 aromatic carbocycles. The molecule has 2 atom stereocenters. The van der Waals surface area contributed by atoms with Crippen LogP contribution in [0.2, 0.25) is 0 Å². The standard InChI is InChI=1S/C23H27N5O3/c1-5-8-18(22-27-26-20-9-6-7-12-28(20)22)25-23(29)24-15(3)21-14(2)17-13-16(30-4)10-11-19(17)31-21/h6-7,9-13,15,18H,5,8H2,1-4H3,(H2,24,25,29). The highest BCUT2D eigenvalue weighted by Crippen LogP contribution is 2.32. The van der Waals surface area contributed by atoms with E-state index in [1.54, 1.807) is 7.11 Å². The lowest BCUT2D eigenvalue weighted by Crippen LogP contribution is -2.39. The van der Waals surface area contributed by atoms with Gasteiger partial charge in [0.05, 0.1) is 19.2 Å². The SMILES string of the molecule is CCCC(NC(=O)NC(C)c1oc2ccc(OC)cc2c1C)c1nnc2ccccn12. The molecule has 4 rings (SSSR count). The Bertz CT molecular complexity index is 1210. The van der Waals surface area contributed by atoms with Crippen molar-refractivity contribution in [2.24, 2.45) is 0 Å². The van der Waals surface area contributed by atoms with E-state index in [1.165, 1.54) is 0 Å². The number of furan rings is 1. The molecular weight excluding hydrogens is 394 g/mol. The Hall–Kier alpha value is -3.55. The van der Waals surface area contributed by atoms with Gasteiger partial charge in [-0.3, -0.25) is 4.40 Å². The third-order valence-corrected chi connectivity index (χ3v) is 5.46. The predicted molar refractivity (Wildman–Crippen MR) is 118 cm³/mol. The molecule has 2 unspecified atom stereocenters. The summed E-state index contributed by atoms with van der Waals surface area (Å²) in [6, 6.07) is 10.6. The first-order valence-corrected chi connectivity index (χ1v) is 10.5. The zero-order chi connectivity index (χ0) is 22.0. The number of urea groups is 1. The minimum Gasteiger partial charge on any atom is -0.497 e. The number of hydrogen-bond acceptors (Lipinski definition) is 5. The Morgan fingerprint density at radius 2 is 2.06 bits per heavy atom. The number of methoxy groups -OCH3 is 1. The Morgan fingerprint density at radius 1 is 1.23 bits per heavy atom. The van der Waals surface area contributed by atoms with Crippen molar-refractivity contribution in [3.8, 4) is 5.75 Å². The Labute approximate surface area is 180 Å². The molecule has 2 amide bonds.